The molecule has 2 aliphatic heterocycles. The van der Waals surface area contributed by atoms with E-state index < -0.39 is 0 Å². The molecule has 0 unspecified atom stereocenters. The molecule has 0 aliphatic carbocycles. The summed E-state index contributed by atoms with van der Waals surface area (Å²) in [5.41, 5.74) is 5.82. The Labute approximate surface area is 230 Å². The lowest BCUT2D eigenvalue weighted by Gasteiger charge is -2.47. The summed E-state index contributed by atoms with van der Waals surface area (Å²) in [5.74, 6) is 0.393. The van der Waals surface area contributed by atoms with Gasteiger partial charge in [-0.2, -0.15) is 5.10 Å². The highest BCUT2D eigenvalue weighted by Gasteiger charge is 2.32. The van der Waals surface area contributed by atoms with Crippen LogP contribution in [0.1, 0.15) is 42.2 Å². The number of hydrogen-bond donors (Lipinski definition) is 2. The van der Waals surface area contributed by atoms with Crippen molar-refractivity contribution in [2.75, 3.05) is 44.3 Å². The first-order valence-corrected chi connectivity index (χ1v) is 14.1. The van der Waals surface area contributed by atoms with E-state index in [4.69, 9.17) is 4.74 Å². The number of H-pyrrole nitrogens is 1. The summed E-state index contributed by atoms with van der Waals surface area (Å²) in [7, 11) is 0. The van der Waals surface area contributed by atoms with Gasteiger partial charge in [-0.05, 0) is 48.2 Å². The lowest BCUT2D eigenvalue weighted by atomic mass is 9.96. The minimum absolute atomic E-state index is 0.0323. The van der Waals surface area contributed by atoms with E-state index in [-0.39, 0.29) is 11.9 Å². The standard InChI is InChI=1S/C32H37N5O2/c1-22(2)18-30(23-6-4-3-5-7-23)33-32(38)25-10-13-29-28(19-25)31(35-34-29)24-8-11-26(12-9-24)37-20-27(21-37)36-14-16-39-17-15-36/h3-13,19,22,27,30H,14-18,20-21H2,1-2H3,(H,33,38)(H,34,35)/t30-/m0/s1. The number of benzene rings is 3. The molecule has 2 fully saturated rings. The highest BCUT2D eigenvalue weighted by molar-refractivity contribution is 6.01. The van der Waals surface area contributed by atoms with Crippen LogP contribution >= 0.6 is 0 Å². The zero-order valence-corrected chi connectivity index (χ0v) is 22.8. The molecular formula is C32H37N5O2. The third kappa shape index (κ3) is 5.56. The van der Waals surface area contributed by atoms with E-state index in [9.17, 15) is 4.79 Å². The minimum atomic E-state index is -0.0680. The number of anilines is 1. The first-order chi connectivity index (χ1) is 19.0. The molecule has 1 aromatic heterocycles. The quantitative estimate of drug-likeness (QED) is 0.329. The van der Waals surface area contributed by atoms with Crippen LogP contribution in [0.2, 0.25) is 0 Å². The molecule has 3 heterocycles. The number of rotatable bonds is 8. The number of hydrogen-bond acceptors (Lipinski definition) is 5. The highest BCUT2D eigenvalue weighted by atomic mass is 16.5. The van der Waals surface area contributed by atoms with E-state index >= 15 is 0 Å². The van der Waals surface area contributed by atoms with Gasteiger partial charge in [-0.1, -0.05) is 56.3 Å². The van der Waals surface area contributed by atoms with E-state index in [2.05, 4.69) is 75.6 Å². The third-order valence-electron chi connectivity index (χ3n) is 7.97. The number of carbonyl (C=O) groups is 1. The largest absolute Gasteiger partial charge is 0.379 e. The van der Waals surface area contributed by atoms with E-state index in [0.29, 0.717) is 17.5 Å². The van der Waals surface area contributed by atoms with Crippen molar-refractivity contribution >= 4 is 22.5 Å². The fourth-order valence-corrected chi connectivity index (χ4v) is 5.72. The molecule has 1 atom stereocenters. The molecule has 6 rings (SSSR count). The molecule has 1 amide bonds. The molecule has 39 heavy (non-hydrogen) atoms. The molecule has 7 nitrogen and oxygen atoms in total. The Balaban J connectivity index is 1.17. The van der Waals surface area contributed by atoms with E-state index in [1.165, 1.54) is 5.69 Å². The van der Waals surface area contributed by atoms with Crippen LogP contribution in [-0.2, 0) is 4.74 Å². The zero-order valence-electron chi connectivity index (χ0n) is 22.8. The average Bonchev–Trinajstić information content (AvgIpc) is 3.36. The van der Waals surface area contributed by atoms with Crippen molar-refractivity contribution in [3.63, 3.8) is 0 Å². The minimum Gasteiger partial charge on any atom is -0.379 e. The first kappa shape index (κ1) is 25.6. The molecule has 0 spiro atoms. The Morgan fingerprint density at radius 1 is 1.03 bits per heavy atom. The van der Waals surface area contributed by atoms with Crippen LogP contribution in [0.5, 0.6) is 0 Å². The number of ether oxygens (including phenoxy) is 1. The van der Waals surface area contributed by atoms with Gasteiger partial charge < -0.3 is 15.0 Å². The number of nitrogens with zero attached hydrogens (tertiary/aromatic N) is 3. The maximum Gasteiger partial charge on any atom is 0.251 e. The van der Waals surface area contributed by atoms with Crippen molar-refractivity contribution in [1.82, 2.24) is 20.4 Å². The monoisotopic (exact) mass is 523 g/mol. The number of nitrogens with one attached hydrogen (secondary N) is 2. The predicted octanol–water partition coefficient (Wildman–Crippen LogP) is 5.27. The average molecular weight is 524 g/mol. The fraction of sp³-hybridized carbons (Fsp3) is 0.375. The lowest BCUT2D eigenvalue weighted by molar-refractivity contribution is 0.0105. The van der Waals surface area contributed by atoms with Crippen LogP contribution in [0, 0.1) is 5.92 Å². The maximum atomic E-state index is 13.4. The molecule has 202 valence electrons. The SMILES string of the molecule is CC(C)C[C@H](NC(=O)c1ccc2[nH]nc(-c3ccc(N4CC(N5CCOCC5)C4)cc3)c2c1)c1ccccc1. The maximum absolute atomic E-state index is 13.4. The van der Waals surface area contributed by atoms with E-state index in [1.54, 1.807) is 0 Å². The van der Waals surface area contributed by atoms with Crippen molar-refractivity contribution in [2.45, 2.75) is 32.4 Å². The van der Waals surface area contributed by atoms with Crippen LogP contribution in [0.4, 0.5) is 5.69 Å². The number of carbonyl (C=O) groups excluding carboxylic acids is 1. The summed E-state index contributed by atoms with van der Waals surface area (Å²) < 4.78 is 5.49. The van der Waals surface area contributed by atoms with Gasteiger partial charge in [0.2, 0.25) is 0 Å². The van der Waals surface area contributed by atoms with Gasteiger partial charge in [-0.25, -0.2) is 0 Å². The zero-order chi connectivity index (χ0) is 26.8. The molecule has 4 aromatic rings. The molecule has 0 radical (unpaired) electrons. The van der Waals surface area contributed by atoms with Gasteiger partial charge in [-0.3, -0.25) is 14.8 Å². The van der Waals surface area contributed by atoms with E-state index in [0.717, 1.165) is 73.5 Å². The Kier molecular flexibility index (Phi) is 7.35. The third-order valence-corrected chi connectivity index (χ3v) is 7.97. The Bertz CT molecular complexity index is 1400. The normalized spacial score (nSPS) is 17.4. The van der Waals surface area contributed by atoms with Gasteiger partial charge in [0.1, 0.15) is 0 Å². The second-order valence-electron chi connectivity index (χ2n) is 11.2. The highest BCUT2D eigenvalue weighted by Crippen LogP contribution is 2.31. The number of morpholine rings is 1. The second-order valence-corrected chi connectivity index (χ2v) is 11.2. The van der Waals surface area contributed by atoms with Crippen LogP contribution in [-0.4, -0.2) is 66.4 Å². The van der Waals surface area contributed by atoms with Crippen molar-refractivity contribution < 1.29 is 9.53 Å². The number of amides is 1. The first-order valence-electron chi connectivity index (χ1n) is 14.1. The van der Waals surface area contributed by atoms with Gasteiger partial charge >= 0.3 is 0 Å². The van der Waals surface area contributed by atoms with Crippen LogP contribution in [0.3, 0.4) is 0 Å². The summed E-state index contributed by atoms with van der Waals surface area (Å²) in [6.07, 6.45) is 0.880. The molecular weight excluding hydrogens is 486 g/mol. The van der Waals surface area contributed by atoms with Crippen molar-refractivity contribution in [2.24, 2.45) is 5.92 Å². The van der Waals surface area contributed by atoms with Crippen molar-refractivity contribution in [3.8, 4) is 11.3 Å². The summed E-state index contributed by atoms with van der Waals surface area (Å²) >= 11 is 0. The molecule has 0 bridgehead atoms. The smallest absolute Gasteiger partial charge is 0.251 e. The fourth-order valence-electron chi connectivity index (χ4n) is 5.72. The molecule has 0 saturated carbocycles. The van der Waals surface area contributed by atoms with Crippen LogP contribution < -0.4 is 10.2 Å². The number of fused-ring (bicyclic) bond motifs is 1. The Morgan fingerprint density at radius 3 is 2.49 bits per heavy atom. The topological polar surface area (TPSA) is 73.5 Å². The lowest BCUT2D eigenvalue weighted by Crippen LogP contribution is -2.61. The molecule has 3 aromatic carbocycles. The second kappa shape index (κ2) is 11.2. The van der Waals surface area contributed by atoms with Gasteiger partial charge in [0.15, 0.2) is 0 Å². The number of aromatic nitrogens is 2. The summed E-state index contributed by atoms with van der Waals surface area (Å²) in [5, 5.41) is 12.0. The molecule has 2 aliphatic rings. The summed E-state index contributed by atoms with van der Waals surface area (Å²) in [6, 6.07) is 25.2. The van der Waals surface area contributed by atoms with Gasteiger partial charge in [0.05, 0.1) is 30.5 Å². The predicted molar refractivity (Wildman–Crippen MR) is 156 cm³/mol. The Hall–Kier alpha value is -3.68. The summed E-state index contributed by atoms with van der Waals surface area (Å²) in [4.78, 5) is 18.3. The van der Waals surface area contributed by atoms with Gasteiger partial charge in [-0.15, -0.1) is 0 Å². The molecule has 2 saturated heterocycles. The molecule has 2 N–H and O–H groups in total. The van der Waals surface area contributed by atoms with Gasteiger partial charge in [0.25, 0.3) is 5.91 Å². The summed E-state index contributed by atoms with van der Waals surface area (Å²) in [6.45, 7) is 10.2. The van der Waals surface area contributed by atoms with E-state index in [1.807, 2.05) is 36.4 Å². The van der Waals surface area contributed by atoms with Crippen molar-refractivity contribution in [1.29, 1.82) is 0 Å². The van der Waals surface area contributed by atoms with Gasteiger partial charge in [0, 0.05) is 54.4 Å². The van der Waals surface area contributed by atoms with Crippen LogP contribution in [0.25, 0.3) is 22.2 Å². The number of aromatic amines is 1. The molecule has 7 heteroatoms. The Morgan fingerprint density at radius 2 is 1.77 bits per heavy atom. The van der Waals surface area contributed by atoms with Crippen LogP contribution in [0.15, 0.2) is 72.8 Å². The van der Waals surface area contributed by atoms with Crippen molar-refractivity contribution in [3.05, 3.63) is 83.9 Å².